The number of nitrogens with one attached hydrogen (secondary N) is 1. The SMILES string of the molecule is O=C(CS(=O)(=O)Cc1cccc(Br)c1)Nc1cccc(OC2CCCC2)c1. The monoisotopic (exact) mass is 451 g/mol. The summed E-state index contributed by atoms with van der Waals surface area (Å²) < 4.78 is 31.3. The van der Waals surface area contributed by atoms with Crippen molar-refractivity contribution < 1.29 is 17.9 Å². The van der Waals surface area contributed by atoms with Crippen LogP contribution in [0.25, 0.3) is 0 Å². The first-order valence-electron chi connectivity index (χ1n) is 8.91. The topological polar surface area (TPSA) is 72.5 Å². The van der Waals surface area contributed by atoms with E-state index in [1.165, 1.54) is 12.8 Å². The Kier molecular flexibility index (Phi) is 6.55. The van der Waals surface area contributed by atoms with E-state index in [0.717, 1.165) is 17.3 Å². The second-order valence-corrected chi connectivity index (χ2v) is 9.74. The van der Waals surface area contributed by atoms with E-state index in [1.807, 2.05) is 12.1 Å². The van der Waals surface area contributed by atoms with Gasteiger partial charge in [0.05, 0.1) is 11.9 Å². The predicted molar refractivity (Wildman–Crippen MR) is 110 cm³/mol. The predicted octanol–water partition coefficient (Wildman–Crippen LogP) is 4.32. The van der Waals surface area contributed by atoms with E-state index in [2.05, 4.69) is 21.2 Å². The molecule has 0 heterocycles. The van der Waals surface area contributed by atoms with Crippen LogP contribution in [0, 0.1) is 0 Å². The van der Waals surface area contributed by atoms with Crippen molar-refractivity contribution in [2.45, 2.75) is 37.5 Å². The molecule has 0 bridgehead atoms. The molecule has 1 saturated carbocycles. The number of amides is 1. The first kappa shape index (κ1) is 19.9. The van der Waals surface area contributed by atoms with Gasteiger partial charge < -0.3 is 10.1 Å². The van der Waals surface area contributed by atoms with Crippen LogP contribution in [0.2, 0.25) is 0 Å². The van der Waals surface area contributed by atoms with E-state index >= 15 is 0 Å². The Labute approximate surface area is 168 Å². The molecule has 144 valence electrons. The van der Waals surface area contributed by atoms with Gasteiger partial charge in [-0.25, -0.2) is 8.42 Å². The fourth-order valence-electron chi connectivity index (χ4n) is 3.17. The third-order valence-electron chi connectivity index (χ3n) is 4.35. The second-order valence-electron chi connectivity index (χ2n) is 6.76. The molecule has 1 N–H and O–H groups in total. The lowest BCUT2D eigenvalue weighted by molar-refractivity contribution is -0.113. The van der Waals surface area contributed by atoms with Gasteiger partial charge in [0.15, 0.2) is 9.84 Å². The fourth-order valence-corrected chi connectivity index (χ4v) is 4.88. The molecule has 0 unspecified atom stereocenters. The molecule has 0 saturated heterocycles. The molecule has 0 aromatic heterocycles. The van der Waals surface area contributed by atoms with Crippen LogP contribution in [-0.4, -0.2) is 26.2 Å². The highest BCUT2D eigenvalue weighted by Gasteiger charge is 2.19. The zero-order valence-electron chi connectivity index (χ0n) is 14.9. The molecule has 0 aliphatic heterocycles. The lowest BCUT2D eigenvalue weighted by Crippen LogP contribution is -2.24. The highest BCUT2D eigenvalue weighted by Crippen LogP contribution is 2.25. The molecule has 27 heavy (non-hydrogen) atoms. The first-order chi connectivity index (χ1) is 12.9. The molecular formula is C20H22BrNO4S. The Balaban J connectivity index is 1.58. The number of sulfone groups is 1. The Morgan fingerprint density at radius 3 is 2.59 bits per heavy atom. The number of anilines is 1. The highest BCUT2D eigenvalue weighted by atomic mass is 79.9. The molecule has 3 rings (SSSR count). The summed E-state index contributed by atoms with van der Waals surface area (Å²) >= 11 is 3.32. The molecule has 0 radical (unpaired) electrons. The zero-order valence-corrected chi connectivity index (χ0v) is 17.3. The summed E-state index contributed by atoms with van der Waals surface area (Å²) in [7, 11) is -3.56. The number of hydrogen-bond donors (Lipinski definition) is 1. The summed E-state index contributed by atoms with van der Waals surface area (Å²) in [6.07, 6.45) is 4.67. The maximum Gasteiger partial charge on any atom is 0.239 e. The summed E-state index contributed by atoms with van der Waals surface area (Å²) in [6.45, 7) is 0. The standard InChI is InChI=1S/C20H22BrNO4S/c21-16-6-3-5-15(11-16)13-27(24,25)14-20(23)22-17-7-4-10-19(12-17)26-18-8-1-2-9-18/h3-7,10-12,18H,1-2,8-9,13-14H2,(H,22,23). The number of rotatable bonds is 7. The number of benzene rings is 2. The van der Waals surface area contributed by atoms with Gasteiger partial charge in [0.1, 0.15) is 11.5 Å². The zero-order chi connectivity index (χ0) is 19.3. The quantitative estimate of drug-likeness (QED) is 0.679. The number of carbonyl (C=O) groups is 1. The summed E-state index contributed by atoms with van der Waals surface area (Å²) in [5, 5.41) is 2.65. The van der Waals surface area contributed by atoms with Gasteiger partial charge in [0.25, 0.3) is 0 Å². The highest BCUT2D eigenvalue weighted by molar-refractivity contribution is 9.10. The van der Waals surface area contributed by atoms with Crippen molar-refractivity contribution in [1.82, 2.24) is 0 Å². The molecule has 0 spiro atoms. The number of ether oxygens (including phenoxy) is 1. The van der Waals surface area contributed by atoms with E-state index in [4.69, 9.17) is 4.74 Å². The van der Waals surface area contributed by atoms with Crippen LogP contribution in [0.4, 0.5) is 5.69 Å². The number of hydrogen-bond acceptors (Lipinski definition) is 4. The smallest absolute Gasteiger partial charge is 0.239 e. The van der Waals surface area contributed by atoms with Gasteiger partial charge in [-0.2, -0.15) is 0 Å². The molecule has 2 aromatic carbocycles. The summed E-state index contributed by atoms with van der Waals surface area (Å²) in [5.41, 5.74) is 1.18. The average Bonchev–Trinajstić information content (AvgIpc) is 3.07. The minimum Gasteiger partial charge on any atom is -0.490 e. The molecule has 1 amide bonds. The number of halogens is 1. The minimum atomic E-state index is -3.56. The van der Waals surface area contributed by atoms with Crippen molar-refractivity contribution in [2.75, 3.05) is 11.1 Å². The maximum absolute atomic E-state index is 12.3. The van der Waals surface area contributed by atoms with Gasteiger partial charge in [-0.05, 0) is 55.5 Å². The molecule has 2 aromatic rings. The van der Waals surface area contributed by atoms with Crippen LogP contribution in [0.15, 0.2) is 53.0 Å². The Bertz CT molecular complexity index is 908. The van der Waals surface area contributed by atoms with Crippen molar-refractivity contribution >= 4 is 37.4 Å². The largest absolute Gasteiger partial charge is 0.490 e. The lowest BCUT2D eigenvalue weighted by Gasteiger charge is -2.14. The maximum atomic E-state index is 12.3. The Morgan fingerprint density at radius 2 is 1.85 bits per heavy atom. The van der Waals surface area contributed by atoms with Crippen molar-refractivity contribution in [1.29, 1.82) is 0 Å². The van der Waals surface area contributed by atoms with Crippen LogP contribution >= 0.6 is 15.9 Å². The minimum absolute atomic E-state index is 0.176. The Hall–Kier alpha value is -1.86. The van der Waals surface area contributed by atoms with Gasteiger partial charge in [-0.15, -0.1) is 0 Å². The van der Waals surface area contributed by atoms with Gasteiger partial charge in [0, 0.05) is 16.2 Å². The summed E-state index contributed by atoms with van der Waals surface area (Å²) in [6, 6.07) is 14.1. The van der Waals surface area contributed by atoms with Crippen LogP contribution in [0.5, 0.6) is 5.75 Å². The van der Waals surface area contributed by atoms with Gasteiger partial charge in [-0.3, -0.25) is 4.79 Å². The van der Waals surface area contributed by atoms with Crippen LogP contribution in [0.3, 0.4) is 0 Å². The van der Waals surface area contributed by atoms with E-state index in [-0.39, 0.29) is 11.9 Å². The van der Waals surface area contributed by atoms with Crippen molar-refractivity contribution in [3.63, 3.8) is 0 Å². The summed E-state index contributed by atoms with van der Waals surface area (Å²) in [5.74, 6) is -0.600. The van der Waals surface area contributed by atoms with E-state index in [9.17, 15) is 13.2 Å². The van der Waals surface area contributed by atoms with Crippen LogP contribution in [-0.2, 0) is 20.4 Å². The van der Waals surface area contributed by atoms with Crippen molar-refractivity contribution in [2.24, 2.45) is 0 Å². The molecular weight excluding hydrogens is 430 g/mol. The van der Waals surface area contributed by atoms with Gasteiger partial charge in [0.2, 0.25) is 5.91 Å². The third kappa shape index (κ3) is 6.36. The average molecular weight is 452 g/mol. The fraction of sp³-hybridized carbons (Fsp3) is 0.350. The summed E-state index contributed by atoms with van der Waals surface area (Å²) in [4.78, 5) is 12.2. The van der Waals surface area contributed by atoms with Crippen LogP contribution < -0.4 is 10.1 Å². The first-order valence-corrected chi connectivity index (χ1v) is 11.5. The molecule has 7 heteroatoms. The molecule has 1 aliphatic carbocycles. The molecule has 1 aliphatic rings. The molecule has 0 atom stereocenters. The van der Waals surface area contributed by atoms with Crippen molar-refractivity contribution in [3.05, 3.63) is 58.6 Å². The van der Waals surface area contributed by atoms with Gasteiger partial charge >= 0.3 is 0 Å². The Morgan fingerprint density at radius 1 is 1.11 bits per heavy atom. The van der Waals surface area contributed by atoms with Crippen molar-refractivity contribution in [3.8, 4) is 5.75 Å². The molecule has 1 fully saturated rings. The number of carbonyl (C=O) groups excluding carboxylic acids is 1. The third-order valence-corrected chi connectivity index (χ3v) is 6.32. The van der Waals surface area contributed by atoms with E-state index in [1.54, 1.807) is 36.4 Å². The van der Waals surface area contributed by atoms with E-state index < -0.39 is 21.5 Å². The van der Waals surface area contributed by atoms with E-state index in [0.29, 0.717) is 17.0 Å². The normalized spacial score (nSPS) is 14.9. The van der Waals surface area contributed by atoms with Crippen LogP contribution in [0.1, 0.15) is 31.2 Å². The molecule has 5 nitrogen and oxygen atoms in total. The lowest BCUT2D eigenvalue weighted by atomic mass is 10.2. The van der Waals surface area contributed by atoms with Gasteiger partial charge in [-0.1, -0.05) is 34.1 Å². The second kappa shape index (κ2) is 8.89.